The lowest BCUT2D eigenvalue weighted by molar-refractivity contribution is -0.131. The van der Waals surface area contributed by atoms with Crippen molar-refractivity contribution in [3.05, 3.63) is 90.7 Å². The second-order valence-corrected chi connectivity index (χ2v) is 7.20. The van der Waals surface area contributed by atoms with Crippen LogP contribution in [0.15, 0.2) is 89.5 Å². The van der Waals surface area contributed by atoms with E-state index in [0.29, 0.717) is 17.9 Å². The predicted molar refractivity (Wildman–Crippen MR) is 119 cm³/mol. The number of rotatable bonds is 5. The van der Waals surface area contributed by atoms with Crippen LogP contribution in [0.2, 0.25) is 0 Å². The molecule has 5 heteroatoms. The zero-order valence-electron chi connectivity index (χ0n) is 16.9. The van der Waals surface area contributed by atoms with Crippen molar-refractivity contribution in [3.63, 3.8) is 0 Å². The lowest BCUT2D eigenvalue weighted by atomic mass is 10.1. The Morgan fingerprint density at radius 1 is 0.968 bits per heavy atom. The minimum Gasteiger partial charge on any atom is -0.487 e. The number of aromatic nitrogens is 1. The van der Waals surface area contributed by atoms with Crippen molar-refractivity contribution in [1.82, 2.24) is 4.98 Å². The van der Waals surface area contributed by atoms with E-state index in [1.807, 2.05) is 66.7 Å². The van der Waals surface area contributed by atoms with Crippen LogP contribution < -0.4 is 9.47 Å². The van der Waals surface area contributed by atoms with Crippen molar-refractivity contribution in [1.29, 1.82) is 0 Å². The molecule has 0 amide bonds. The number of benzene rings is 3. The summed E-state index contributed by atoms with van der Waals surface area (Å²) >= 11 is 0. The molecule has 0 radical (unpaired) electrons. The Morgan fingerprint density at radius 3 is 2.68 bits per heavy atom. The van der Waals surface area contributed by atoms with Gasteiger partial charge in [-0.25, -0.2) is 4.98 Å². The zero-order chi connectivity index (χ0) is 21.2. The molecule has 0 unspecified atom stereocenters. The van der Waals surface area contributed by atoms with Crippen molar-refractivity contribution in [2.45, 2.75) is 13.5 Å². The number of ether oxygens (including phenoxy) is 2. The number of esters is 1. The summed E-state index contributed by atoms with van der Waals surface area (Å²) in [5, 5.41) is 1.89. The third kappa shape index (κ3) is 3.85. The summed E-state index contributed by atoms with van der Waals surface area (Å²) in [7, 11) is 0. The van der Waals surface area contributed by atoms with E-state index >= 15 is 0 Å². The Kier molecular flexibility index (Phi) is 4.84. The van der Waals surface area contributed by atoms with E-state index in [1.165, 1.54) is 6.92 Å². The maximum Gasteiger partial charge on any atom is 0.308 e. The van der Waals surface area contributed by atoms with Gasteiger partial charge in [-0.3, -0.25) is 4.79 Å². The van der Waals surface area contributed by atoms with Crippen molar-refractivity contribution < 1.29 is 18.7 Å². The number of para-hydroxylation sites is 1. The summed E-state index contributed by atoms with van der Waals surface area (Å²) in [6.07, 6.45) is 1.67. The molecule has 0 spiro atoms. The second kappa shape index (κ2) is 7.95. The fraction of sp³-hybridized carbons (Fsp3) is 0.0769. The Labute approximate surface area is 178 Å². The molecule has 0 aliphatic heterocycles. The quantitative estimate of drug-likeness (QED) is 0.257. The number of carbonyl (C=O) groups is 1. The molecule has 152 valence electrons. The highest BCUT2D eigenvalue weighted by Crippen LogP contribution is 2.34. The standard InChI is InChI=1S/C26H19NO4/c1-17(28)31-20-11-12-21-22(16-30-25(21)14-20)23-13-10-19-8-5-9-24(26(19)27-23)29-15-18-6-3-2-4-7-18/h2-14,16H,15H2,1H3. The van der Waals surface area contributed by atoms with Crippen molar-refractivity contribution in [2.75, 3.05) is 0 Å². The van der Waals surface area contributed by atoms with Gasteiger partial charge in [0.1, 0.15) is 35.5 Å². The second-order valence-electron chi connectivity index (χ2n) is 7.20. The van der Waals surface area contributed by atoms with Gasteiger partial charge in [-0.1, -0.05) is 48.5 Å². The lowest BCUT2D eigenvalue weighted by Crippen LogP contribution is -2.00. The van der Waals surface area contributed by atoms with Crippen LogP contribution in [0.5, 0.6) is 11.5 Å². The molecular formula is C26H19NO4. The van der Waals surface area contributed by atoms with Crippen LogP contribution in [0.1, 0.15) is 12.5 Å². The van der Waals surface area contributed by atoms with Gasteiger partial charge in [0.2, 0.25) is 0 Å². The average molecular weight is 409 g/mol. The van der Waals surface area contributed by atoms with Gasteiger partial charge in [-0.05, 0) is 29.8 Å². The Balaban J connectivity index is 1.51. The number of nitrogens with zero attached hydrogens (tertiary/aromatic N) is 1. The van der Waals surface area contributed by atoms with Crippen LogP contribution in [0.4, 0.5) is 0 Å². The molecule has 5 aromatic rings. The van der Waals surface area contributed by atoms with E-state index < -0.39 is 0 Å². The van der Waals surface area contributed by atoms with Gasteiger partial charge < -0.3 is 13.9 Å². The fourth-order valence-electron chi connectivity index (χ4n) is 3.56. The number of hydrogen-bond acceptors (Lipinski definition) is 5. The number of carbonyl (C=O) groups excluding carboxylic acids is 1. The van der Waals surface area contributed by atoms with Crippen LogP contribution in [0.25, 0.3) is 33.1 Å². The van der Waals surface area contributed by atoms with Crippen LogP contribution in [-0.2, 0) is 11.4 Å². The summed E-state index contributed by atoms with van der Waals surface area (Å²) in [4.78, 5) is 16.1. The third-order valence-corrected chi connectivity index (χ3v) is 5.00. The molecule has 2 heterocycles. The van der Waals surface area contributed by atoms with E-state index in [-0.39, 0.29) is 5.97 Å². The summed E-state index contributed by atoms with van der Waals surface area (Å²) in [6, 6.07) is 25.3. The van der Waals surface area contributed by atoms with Crippen LogP contribution >= 0.6 is 0 Å². The summed E-state index contributed by atoms with van der Waals surface area (Å²) < 4.78 is 16.9. The molecule has 0 atom stereocenters. The van der Waals surface area contributed by atoms with Gasteiger partial charge in [0, 0.05) is 29.3 Å². The fourth-order valence-corrected chi connectivity index (χ4v) is 3.56. The van der Waals surface area contributed by atoms with Gasteiger partial charge in [-0.15, -0.1) is 0 Å². The third-order valence-electron chi connectivity index (χ3n) is 5.00. The molecule has 31 heavy (non-hydrogen) atoms. The molecule has 5 nitrogen and oxygen atoms in total. The van der Waals surface area contributed by atoms with E-state index in [9.17, 15) is 4.79 Å². The number of hydrogen-bond donors (Lipinski definition) is 0. The smallest absolute Gasteiger partial charge is 0.308 e. The molecule has 0 fully saturated rings. The molecule has 5 rings (SSSR count). The van der Waals surface area contributed by atoms with Crippen LogP contribution in [0, 0.1) is 0 Å². The highest BCUT2D eigenvalue weighted by molar-refractivity contribution is 5.96. The Hall–Kier alpha value is -4.12. The molecule has 0 aliphatic rings. The van der Waals surface area contributed by atoms with E-state index in [4.69, 9.17) is 18.9 Å². The molecular weight excluding hydrogens is 390 g/mol. The first-order valence-electron chi connectivity index (χ1n) is 9.94. The van der Waals surface area contributed by atoms with Gasteiger partial charge >= 0.3 is 5.97 Å². The molecule has 2 aromatic heterocycles. The highest BCUT2D eigenvalue weighted by atomic mass is 16.5. The van der Waals surface area contributed by atoms with Crippen molar-refractivity contribution in [2.24, 2.45) is 0 Å². The monoisotopic (exact) mass is 409 g/mol. The number of fused-ring (bicyclic) bond motifs is 2. The number of furan rings is 1. The van der Waals surface area contributed by atoms with E-state index in [2.05, 4.69) is 0 Å². The first kappa shape index (κ1) is 18.9. The van der Waals surface area contributed by atoms with Crippen molar-refractivity contribution >= 4 is 27.8 Å². The lowest BCUT2D eigenvalue weighted by Gasteiger charge is -2.10. The predicted octanol–water partition coefficient (Wildman–Crippen LogP) is 6.15. The molecule has 3 aromatic carbocycles. The average Bonchev–Trinajstić information content (AvgIpc) is 3.21. The summed E-state index contributed by atoms with van der Waals surface area (Å²) in [5.74, 6) is 0.808. The number of pyridine rings is 1. The zero-order valence-corrected chi connectivity index (χ0v) is 16.9. The van der Waals surface area contributed by atoms with Gasteiger partial charge in [-0.2, -0.15) is 0 Å². The van der Waals surface area contributed by atoms with E-state index in [1.54, 1.807) is 18.4 Å². The van der Waals surface area contributed by atoms with E-state index in [0.717, 1.165) is 38.9 Å². The van der Waals surface area contributed by atoms with Crippen LogP contribution in [-0.4, -0.2) is 11.0 Å². The Morgan fingerprint density at radius 2 is 1.84 bits per heavy atom. The summed E-state index contributed by atoms with van der Waals surface area (Å²) in [6.45, 7) is 1.84. The molecule has 0 N–H and O–H groups in total. The maximum atomic E-state index is 11.2. The van der Waals surface area contributed by atoms with Gasteiger partial charge in [0.25, 0.3) is 0 Å². The molecule has 0 bridgehead atoms. The molecule has 0 aliphatic carbocycles. The highest BCUT2D eigenvalue weighted by Gasteiger charge is 2.13. The SMILES string of the molecule is CC(=O)Oc1ccc2c(-c3ccc4cccc(OCc5ccccc5)c4n3)coc2c1. The van der Waals surface area contributed by atoms with Crippen LogP contribution in [0.3, 0.4) is 0 Å². The minimum absolute atomic E-state index is 0.370. The minimum atomic E-state index is -0.370. The van der Waals surface area contributed by atoms with Crippen molar-refractivity contribution in [3.8, 4) is 22.8 Å². The largest absolute Gasteiger partial charge is 0.487 e. The van der Waals surface area contributed by atoms with Gasteiger partial charge in [0.15, 0.2) is 0 Å². The topological polar surface area (TPSA) is 61.6 Å². The normalized spacial score (nSPS) is 11.0. The summed E-state index contributed by atoms with van der Waals surface area (Å²) in [5.41, 5.74) is 4.16. The maximum absolute atomic E-state index is 11.2. The first-order valence-corrected chi connectivity index (χ1v) is 9.94. The van der Waals surface area contributed by atoms with Gasteiger partial charge in [0.05, 0.1) is 5.69 Å². The Bertz CT molecular complexity index is 1390. The molecule has 0 saturated heterocycles. The molecule has 0 saturated carbocycles. The first-order chi connectivity index (χ1) is 15.2.